The van der Waals surface area contributed by atoms with E-state index in [0.717, 1.165) is 16.8 Å². The Morgan fingerprint density at radius 3 is 1.86 bits per heavy atom. The predicted octanol–water partition coefficient (Wildman–Crippen LogP) is 2.84. The number of benzene rings is 1. The Morgan fingerprint density at radius 2 is 1.41 bits per heavy atom. The van der Waals surface area contributed by atoms with E-state index in [9.17, 15) is 4.79 Å². The van der Waals surface area contributed by atoms with Gasteiger partial charge in [-0.3, -0.25) is 9.78 Å². The van der Waals surface area contributed by atoms with Crippen LogP contribution in [-0.4, -0.2) is 10.8 Å². The Balaban J connectivity index is -0.000000463. The number of aromatic nitrogens is 1. The summed E-state index contributed by atoms with van der Waals surface area (Å²) in [5, 5.41) is 0. The van der Waals surface area contributed by atoms with Crippen molar-refractivity contribution in [2.75, 3.05) is 0 Å². The average molecular weight is 333 g/mol. The third-order valence-corrected chi connectivity index (χ3v) is 2.25. The Bertz CT molecular complexity index is 592. The third-order valence-electron chi connectivity index (χ3n) is 2.25. The van der Waals surface area contributed by atoms with Gasteiger partial charge in [-0.25, -0.2) is 0 Å². The predicted molar refractivity (Wildman–Crippen MR) is 71.5 cm³/mol. The van der Waals surface area contributed by atoms with Crippen molar-refractivity contribution in [3.8, 4) is 11.3 Å². The van der Waals surface area contributed by atoms with Crippen molar-refractivity contribution >= 4 is 5.78 Å². The van der Waals surface area contributed by atoms with Gasteiger partial charge in [-0.2, -0.15) is 0 Å². The van der Waals surface area contributed by atoms with Crippen molar-refractivity contribution in [3.05, 3.63) is 74.2 Å². The Kier molecular flexibility index (Phi) is 19.0. The fourth-order valence-electron chi connectivity index (χ4n) is 1.54. The van der Waals surface area contributed by atoms with Crippen LogP contribution in [0.2, 0.25) is 0 Å². The first-order valence-corrected chi connectivity index (χ1v) is 5.41. The van der Waals surface area contributed by atoms with Crippen molar-refractivity contribution < 1.29 is 36.1 Å². The summed E-state index contributed by atoms with van der Waals surface area (Å²) in [5.41, 5.74) is 2.45. The Labute approximate surface area is 139 Å². The van der Waals surface area contributed by atoms with E-state index >= 15 is 0 Å². The van der Waals surface area contributed by atoms with Crippen LogP contribution in [0.1, 0.15) is 17.3 Å². The maximum atomic E-state index is 11.4. The van der Waals surface area contributed by atoms with Crippen molar-refractivity contribution in [2.24, 2.45) is 0 Å². The summed E-state index contributed by atoms with van der Waals surface area (Å²) >= 11 is 0. The van der Waals surface area contributed by atoms with Crippen LogP contribution < -0.4 is 0 Å². The molecule has 0 aliphatic heterocycles. The minimum atomic E-state index is 0. The van der Waals surface area contributed by atoms with Crippen LogP contribution in [0.15, 0.2) is 48.7 Å². The van der Waals surface area contributed by atoms with Crippen molar-refractivity contribution in [3.63, 3.8) is 0 Å². The van der Waals surface area contributed by atoms with Gasteiger partial charge in [-0.05, 0) is 19.1 Å². The molecule has 1 heterocycles. The van der Waals surface area contributed by atoms with Gasteiger partial charge in [-0.15, -0.1) is 0 Å². The van der Waals surface area contributed by atoms with Crippen molar-refractivity contribution in [1.82, 2.24) is 4.98 Å². The molecule has 5 nitrogen and oxygen atoms in total. The Morgan fingerprint density at radius 1 is 0.909 bits per heavy atom. The van der Waals surface area contributed by atoms with Gasteiger partial charge in [0.25, 0.3) is 0 Å². The molecule has 2 aromatic rings. The molecule has 110 valence electrons. The number of carbonyl (C=O) groups excluding carboxylic acids is 1. The fourth-order valence-corrected chi connectivity index (χ4v) is 1.54. The fraction of sp³-hybridized carbons (Fsp3) is 0.0625. The summed E-state index contributed by atoms with van der Waals surface area (Å²) < 4.78 is 22.5. The molecule has 0 aliphatic rings. The third kappa shape index (κ3) is 8.16. The Hall–Kier alpha value is -2.21. The summed E-state index contributed by atoms with van der Waals surface area (Å²) in [4.78, 5) is 15.7. The molecule has 0 bridgehead atoms. The van der Waals surface area contributed by atoms with E-state index in [-0.39, 0.29) is 23.1 Å². The summed E-state index contributed by atoms with van der Waals surface area (Å²) in [5.74, 6) is 0.0660. The standard InChI is InChI=1S/C13H11NO.3CO.Cr/c1-10(15)11-6-2-3-7-12(11)13-8-4-5-9-14-13;3*1-2;/h2-9H,1H3;;;;. The van der Waals surface area contributed by atoms with Crippen LogP contribution in [0.5, 0.6) is 0 Å². The van der Waals surface area contributed by atoms with Gasteiger partial charge >= 0.3 is 33.9 Å². The molecule has 0 spiro atoms. The number of Topliss-reactive ketones (excluding diaryl/α,β-unsaturated/α-hetero) is 1. The molecule has 0 atom stereocenters. The van der Waals surface area contributed by atoms with Gasteiger partial charge in [0.15, 0.2) is 5.78 Å². The zero-order valence-electron chi connectivity index (χ0n) is 11.6. The monoisotopic (exact) mass is 333 g/mol. The van der Waals surface area contributed by atoms with Gasteiger partial charge in [-0.1, -0.05) is 30.3 Å². The smallest absolute Gasteiger partial charge is 0 e. The number of hydrogen-bond acceptors (Lipinski definition) is 2. The normalized spacial score (nSPS) is 7.05. The number of hydrogen-bond donors (Lipinski definition) is 0. The van der Waals surface area contributed by atoms with Crippen LogP contribution in [-0.2, 0) is 31.3 Å². The summed E-state index contributed by atoms with van der Waals surface area (Å²) in [7, 11) is 0. The van der Waals surface area contributed by atoms with E-state index in [1.807, 2.05) is 42.5 Å². The SMILES string of the molecule is CC(=O)c1ccccc1-c1ccccn1.[C-]#[O+].[C-]#[O+].[C-]#[O+].[Cr]. The first-order valence-electron chi connectivity index (χ1n) is 5.41. The van der Waals surface area contributed by atoms with Gasteiger partial charge in [0, 0.05) is 34.7 Å². The van der Waals surface area contributed by atoms with Crippen LogP contribution >= 0.6 is 0 Å². The zero-order valence-corrected chi connectivity index (χ0v) is 12.9. The van der Waals surface area contributed by atoms with E-state index < -0.39 is 0 Å². The maximum Gasteiger partial charge on any atom is 0 e. The molecule has 2 rings (SSSR count). The second-order valence-corrected chi connectivity index (χ2v) is 3.32. The van der Waals surface area contributed by atoms with E-state index in [4.69, 9.17) is 14.0 Å². The zero-order chi connectivity index (χ0) is 16.7. The topological polar surface area (TPSA) is 89.7 Å². The van der Waals surface area contributed by atoms with Crippen LogP contribution in [0, 0.1) is 20.0 Å². The molecule has 6 heteroatoms. The molecule has 0 amide bonds. The van der Waals surface area contributed by atoms with Crippen LogP contribution in [0.4, 0.5) is 0 Å². The van der Waals surface area contributed by atoms with Crippen molar-refractivity contribution in [2.45, 2.75) is 6.92 Å². The number of ketones is 1. The van der Waals surface area contributed by atoms with Gasteiger partial charge in [0.1, 0.15) is 0 Å². The maximum absolute atomic E-state index is 11.4. The molecule has 0 fully saturated rings. The number of carbonyl (C=O) groups is 1. The summed E-state index contributed by atoms with van der Waals surface area (Å²) in [6.45, 7) is 15.1. The minimum Gasteiger partial charge on any atom is 0 e. The molecule has 0 N–H and O–H groups in total. The molecule has 0 unspecified atom stereocenters. The van der Waals surface area contributed by atoms with E-state index in [1.165, 1.54) is 0 Å². The van der Waals surface area contributed by atoms with Gasteiger partial charge < -0.3 is 0 Å². The van der Waals surface area contributed by atoms with Gasteiger partial charge in [0.05, 0.1) is 5.69 Å². The molecule has 0 saturated carbocycles. The molecule has 0 aliphatic carbocycles. The molecular weight excluding hydrogens is 322 g/mol. The largest absolute Gasteiger partial charge is 0 e. The molecule has 1 aromatic heterocycles. The van der Waals surface area contributed by atoms with Gasteiger partial charge in [0.2, 0.25) is 0 Å². The van der Waals surface area contributed by atoms with Crippen molar-refractivity contribution in [1.29, 1.82) is 0 Å². The van der Waals surface area contributed by atoms with Crippen LogP contribution in [0.3, 0.4) is 0 Å². The quantitative estimate of drug-likeness (QED) is 0.480. The molecule has 1 aromatic carbocycles. The average Bonchev–Trinajstić information content (AvgIpc) is 2.61. The van der Waals surface area contributed by atoms with Crippen LogP contribution in [0.25, 0.3) is 11.3 Å². The molecule has 0 radical (unpaired) electrons. The molecule has 22 heavy (non-hydrogen) atoms. The molecule has 0 saturated heterocycles. The molecular formula is C16H11CrNO4. The number of nitrogens with zero attached hydrogens (tertiary/aromatic N) is 1. The van der Waals surface area contributed by atoms with E-state index in [0.29, 0.717) is 0 Å². The number of pyridine rings is 1. The first kappa shape index (κ1) is 24.8. The second kappa shape index (κ2) is 16.8. The van der Waals surface area contributed by atoms with E-state index in [2.05, 4.69) is 24.9 Å². The summed E-state index contributed by atoms with van der Waals surface area (Å²) in [6, 6.07) is 13.2. The van der Waals surface area contributed by atoms with E-state index in [1.54, 1.807) is 13.1 Å². The summed E-state index contributed by atoms with van der Waals surface area (Å²) in [6.07, 6.45) is 1.73. The second-order valence-electron chi connectivity index (χ2n) is 3.32. The first-order chi connectivity index (χ1) is 10.3. The number of rotatable bonds is 2. The minimum absolute atomic E-state index is 0.